The molecule has 0 saturated heterocycles. The largest absolute Gasteiger partial charge is 0.339 e. The quantitative estimate of drug-likeness (QED) is 0.243. The lowest BCUT2D eigenvalue weighted by Gasteiger charge is -2.34. The minimum absolute atomic E-state index is 0.537. The Balaban J connectivity index is 0. The second-order valence-electron chi connectivity index (χ2n) is 4.99. The van der Waals surface area contributed by atoms with Crippen LogP contribution in [0.5, 0.6) is 0 Å². The lowest BCUT2D eigenvalue weighted by atomic mass is 9.87. The van der Waals surface area contributed by atoms with Crippen molar-refractivity contribution in [1.82, 2.24) is 0 Å². The lowest BCUT2D eigenvalue weighted by molar-refractivity contribution is -0.177. The molecule has 0 spiro atoms. The summed E-state index contributed by atoms with van der Waals surface area (Å²) in [6, 6.07) is 0. The predicted octanol–water partition coefficient (Wildman–Crippen LogP) is 6.98. The molecule has 0 aromatic carbocycles. The zero-order chi connectivity index (χ0) is 21.0. The average Bonchev–Trinajstić information content (AvgIpc) is 2.53. The summed E-state index contributed by atoms with van der Waals surface area (Å²) < 4.78 is 109. The van der Waals surface area contributed by atoms with E-state index >= 15 is 0 Å². The minimum Gasteiger partial charge on any atom is -0.194 e. The van der Waals surface area contributed by atoms with Gasteiger partial charge in [0.2, 0.25) is 0 Å². The van der Waals surface area contributed by atoms with Gasteiger partial charge in [-0.25, -0.2) is 0 Å². The van der Waals surface area contributed by atoms with Crippen LogP contribution in [-0.2, 0) is 0 Å². The Morgan fingerprint density at radius 2 is 0.920 bits per heavy atom. The van der Waals surface area contributed by atoms with E-state index in [1.54, 1.807) is 0 Å². The summed E-state index contributed by atoms with van der Waals surface area (Å²) in [6.07, 6.45) is -0.583. The summed E-state index contributed by atoms with van der Waals surface area (Å²) in [6.45, 7) is 17.9. The predicted molar refractivity (Wildman–Crippen MR) is 83.6 cm³/mol. The SMILES string of the molecule is C=C.C=C(C)C(F)(F)C(F)(F)C(=C)C(=C)C(F)(F)C(F)(F)C(=C)CC. The normalized spacial score (nSPS) is 12.7. The third-order valence-corrected chi connectivity index (χ3v) is 3.32. The molecule has 0 heterocycles. The van der Waals surface area contributed by atoms with Gasteiger partial charge in [-0.1, -0.05) is 33.2 Å². The monoisotopic (exact) mass is 376 g/mol. The molecule has 0 bridgehead atoms. The van der Waals surface area contributed by atoms with Gasteiger partial charge in [0.1, 0.15) is 0 Å². The van der Waals surface area contributed by atoms with Crippen LogP contribution in [0.3, 0.4) is 0 Å². The molecule has 0 aliphatic rings. The molecule has 0 fully saturated rings. The van der Waals surface area contributed by atoms with Crippen molar-refractivity contribution in [1.29, 1.82) is 0 Å². The molecule has 0 aromatic rings. The molecule has 25 heavy (non-hydrogen) atoms. The van der Waals surface area contributed by atoms with Crippen molar-refractivity contribution < 1.29 is 35.1 Å². The van der Waals surface area contributed by atoms with E-state index in [0.29, 0.717) is 6.92 Å². The van der Waals surface area contributed by atoms with Gasteiger partial charge in [-0.05, 0) is 24.5 Å². The van der Waals surface area contributed by atoms with Crippen LogP contribution in [0.25, 0.3) is 0 Å². The van der Waals surface area contributed by atoms with E-state index in [9.17, 15) is 35.1 Å². The van der Waals surface area contributed by atoms with Crippen LogP contribution in [-0.4, -0.2) is 23.7 Å². The number of hydrogen-bond acceptors (Lipinski definition) is 0. The molecule has 0 aliphatic heterocycles. The highest BCUT2D eigenvalue weighted by atomic mass is 19.3. The Hall–Kier alpha value is -1.86. The van der Waals surface area contributed by atoms with E-state index in [4.69, 9.17) is 0 Å². The van der Waals surface area contributed by atoms with Crippen molar-refractivity contribution in [2.75, 3.05) is 0 Å². The second kappa shape index (κ2) is 8.01. The van der Waals surface area contributed by atoms with Crippen molar-refractivity contribution in [3.05, 3.63) is 61.8 Å². The van der Waals surface area contributed by atoms with Gasteiger partial charge in [0.15, 0.2) is 0 Å². The zero-order valence-corrected chi connectivity index (χ0v) is 14.0. The van der Waals surface area contributed by atoms with Gasteiger partial charge < -0.3 is 0 Å². The Bertz CT molecular complexity index is 555. The van der Waals surface area contributed by atoms with Gasteiger partial charge in [0, 0.05) is 11.1 Å². The molecule has 8 heteroatoms. The molecule has 144 valence electrons. The Labute approximate surface area is 141 Å². The topological polar surface area (TPSA) is 0 Å². The standard InChI is InChI=1S/C15H16F8.C2H4/c1-7-9(4)13(18,19)15(22,23)11(6)10(5)14(20,21)12(16,17)8(2)3;1-2/h2,4-7H2,1,3H3;1-2H2. The van der Waals surface area contributed by atoms with Gasteiger partial charge in [-0.2, -0.15) is 35.1 Å². The highest BCUT2D eigenvalue weighted by molar-refractivity contribution is 5.43. The van der Waals surface area contributed by atoms with E-state index in [1.807, 2.05) is 0 Å². The minimum atomic E-state index is -5.26. The number of hydrogen-bond donors (Lipinski definition) is 0. The lowest BCUT2D eigenvalue weighted by Crippen LogP contribution is -2.49. The van der Waals surface area contributed by atoms with Crippen molar-refractivity contribution in [2.45, 2.75) is 44.0 Å². The second-order valence-corrected chi connectivity index (χ2v) is 4.99. The molecule has 0 aliphatic carbocycles. The molecule has 0 unspecified atom stereocenters. The highest BCUT2D eigenvalue weighted by Gasteiger charge is 2.65. The third-order valence-electron chi connectivity index (χ3n) is 3.32. The first-order chi connectivity index (χ1) is 11.0. The molecular weight excluding hydrogens is 356 g/mol. The first-order valence-electron chi connectivity index (χ1n) is 6.74. The Morgan fingerprint density at radius 3 is 1.16 bits per heavy atom. The summed E-state index contributed by atoms with van der Waals surface area (Å²) in [5.41, 5.74) is -6.99. The maximum atomic E-state index is 13.8. The molecule has 0 radical (unpaired) electrons. The average molecular weight is 376 g/mol. The first-order valence-corrected chi connectivity index (χ1v) is 6.74. The molecule has 0 aromatic heterocycles. The van der Waals surface area contributed by atoms with Gasteiger partial charge in [0.05, 0.1) is 0 Å². The summed E-state index contributed by atoms with van der Waals surface area (Å²) in [4.78, 5) is 0. The van der Waals surface area contributed by atoms with Crippen molar-refractivity contribution in [3.63, 3.8) is 0 Å². The maximum Gasteiger partial charge on any atom is 0.339 e. The molecule has 0 amide bonds. The summed E-state index contributed by atoms with van der Waals surface area (Å²) >= 11 is 0. The molecule has 0 N–H and O–H groups in total. The van der Waals surface area contributed by atoms with E-state index in [1.165, 1.54) is 0 Å². The molecular formula is C17H20F8. The van der Waals surface area contributed by atoms with E-state index < -0.39 is 52.4 Å². The molecule has 0 rings (SSSR count). The number of halogens is 8. The van der Waals surface area contributed by atoms with Crippen LogP contribution in [0, 0.1) is 0 Å². The maximum absolute atomic E-state index is 13.8. The van der Waals surface area contributed by atoms with Crippen LogP contribution in [0.15, 0.2) is 61.8 Å². The van der Waals surface area contributed by atoms with Gasteiger partial charge in [-0.3, -0.25) is 0 Å². The molecule has 0 atom stereocenters. The number of allylic oxidation sites excluding steroid dienone is 4. The van der Waals surface area contributed by atoms with Crippen LogP contribution < -0.4 is 0 Å². The van der Waals surface area contributed by atoms with Crippen molar-refractivity contribution in [2.24, 2.45) is 0 Å². The van der Waals surface area contributed by atoms with E-state index in [-0.39, 0.29) is 0 Å². The van der Waals surface area contributed by atoms with Gasteiger partial charge in [0.25, 0.3) is 0 Å². The van der Waals surface area contributed by atoms with Gasteiger partial charge >= 0.3 is 23.7 Å². The van der Waals surface area contributed by atoms with Crippen LogP contribution >= 0.6 is 0 Å². The van der Waals surface area contributed by atoms with Crippen LogP contribution in [0.2, 0.25) is 0 Å². The fourth-order valence-corrected chi connectivity index (χ4v) is 1.47. The Kier molecular flexibility index (Phi) is 8.13. The summed E-state index contributed by atoms with van der Waals surface area (Å²) in [5.74, 6) is -20.4. The molecule has 0 nitrogen and oxygen atoms in total. The van der Waals surface area contributed by atoms with Crippen LogP contribution in [0.1, 0.15) is 20.3 Å². The Morgan fingerprint density at radius 1 is 0.640 bits per heavy atom. The van der Waals surface area contributed by atoms with Crippen molar-refractivity contribution in [3.8, 4) is 0 Å². The number of alkyl halides is 8. The summed E-state index contributed by atoms with van der Waals surface area (Å²) in [7, 11) is 0. The fraction of sp³-hybridized carbons (Fsp3) is 0.412. The van der Waals surface area contributed by atoms with Gasteiger partial charge in [-0.15, -0.1) is 13.2 Å². The zero-order valence-electron chi connectivity index (χ0n) is 14.0. The van der Waals surface area contributed by atoms with Crippen molar-refractivity contribution >= 4 is 0 Å². The fourth-order valence-electron chi connectivity index (χ4n) is 1.47. The molecule has 0 saturated carbocycles. The number of rotatable bonds is 8. The summed E-state index contributed by atoms with van der Waals surface area (Å²) in [5, 5.41) is 0. The van der Waals surface area contributed by atoms with E-state index in [0.717, 1.165) is 6.92 Å². The third kappa shape index (κ3) is 4.22. The van der Waals surface area contributed by atoms with Crippen LogP contribution in [0.4, 0.5) is 35.1 Å². The highest BCUT2D eigenvalue weighted by Crippen LogP contribution is 2.52. The van der Waals surface area contributed by atoms with E-state index in [2.05, 4.69) is 39.5 Å². The smallest absolute Gasteiger partial charge is 0.194 e. The first kappa shape index (κ1) is 25.4.